The Morgan fingerprint density at radius 2 is 1.41 bits per heavy atom. The molecule has 0 radical (unpaired) electrons. The SMILES string of the molecule is C.C.CC(C)(C)c1ccccc1N1CCN(CCCO)CC1.CC(C)(C)c1cccnc1N1CCCNCC1. The van der Waals surface area contributed by atoms with Gasteiger partial charge in [0.1, 0.15) is 5.82 Å². The fourth-order valence-corrected chi connectivity index (χ4v) is 5.18. The van der Waals surface area contributed by atoms with E-state index >= 15 is 0 Å². The second kappa shape index (κ2) is 16.2. The molecule has 0 unspecified atom stereocenters. The van der Waals surface area contributed by atoms with Crippen LogP contribution in [0.15, 0.2) is 42.6 Å². The van der Waals surface area contributed by atoms with Crippen LogP contribution in [0.2, 0.25) is 0 Å². The molecule has 2 saturated heterocycles. The lowest BCUT2D eigenvalue weighted by molar-refractivity contribution is 0.216. The Balaban J connectivity index is 0.000000375. The summed E-state index contributed by atoms with van der Waals surface area (Å²) in [6.45, 7) is 23.6. The Kier molecular flexibility index (Phi) is 14.5. The number of benzene rings is 1. The Morgan fingerprint density at radius 3 is 2.05 bits per heavy atom. The zero-order valence-electron chi connectivity index (χ0n) is 24.3. The molecule has 1 aromatic carbocycles. The molecule has 2 aliphatic heterocycles. The Hall–Kier alpha value is -2.15. The molecule has 0 amide bonds. The standard InChI is InChI=1S/C17H28N2O.C14H23N3.2CH4/c1-17(2,3)15-7-4-5-8-16(15)19-12-10-18(11-13-19)9-6-14-20;1-14(2,3)12-6-4-8-16-13(12)17-10-5-7-15-9-11-17;;/h4-5,7-8,20H,6,9-14H2,1-3H3;4,6,8,15H,5,7,9-11H2,1-3H3;2*1H4. The number of pyridine rings is 1. The van der Waals surface area contributed by atoms with Gasteiger partial charge in [-0.15, -0.1) is 0 Å². The molecular formula is C33H59N5O. The van der Waals surface area contributed by atoms with E-state index in [1.165, 1.54) is 29.1 Å². The van der Waals surface area contributed by atoms with Crippen molar-refractivity contribution in [1.29, 1.82) is 0 Å². The molecule has 0 bridgehead atoms. The summed E-state index contributed by atoms with van der Waals surface area (Å²) in [7, 11) is 0. The van der Waals surface area contributed by atoms with E-state index in [1.54, 1.807) is 0 Å². The predicted octanol–water partition coefficient (Wildman–Crippen LogP) is 5.94. The minimum Gasteiger partial charge on any atom is -0.396 e. The maximum atomic E-state index is 8.92. The van der Waals surface area contributed by atoms with E-state index in [0.29, 0.717) is 6.61 Å². The Bertz CT molecular complexity index is 934. The number of piperazine rings is 1. The summed E-state index contributed by atoms with van der Waals surface area (Å²) in [5.74, 6) is 1.17. The van der Waals surface area contributed by atoms with Gasteiger partial charge >= 0.3 is 0 Å². The molecule has 0 saturated carbocycles. The molecule has 2 aromatic rings. The second-order valence-corrected chi connectivity index (χ2v) is 12.4. The second-order valence-electron chi connectivity index (χ2n) is 12.4. The highest BCUT2D eigenvalue weighted by Crippen LogP contribution is 2.32. The third-order valence-electron chi connectivity index (χ3n) is 7.29. The molecule has 0 atom stereocenters. The first-order chi connectivity index (χ1) is 17.6. The molecule has 2 aliphatic rings. The van der Waals surface area contributed by atoms with Crippen molar-refractivity contribution in [3.8, 4) is 0 Å². The van der Waals surface area contributed by atoms with Crippen molar-refractivity contribution in [1.82, 2.24) is 15.2 Å². The van der Waals surface area contributed by atoms with E-state index in [4.69, 9.17) is 5.11 Å². The lowest BCUT2D eigenvalue weighted by Gasteiger charge is -2.38. The topological polar surface area (TPSA) is 54.9 Å². The average molecular weight is 542 g/mol. The molecule has 39 heavy (non-hydrogen) atoms. The summed E-state index contributed by atoms with van der Waals surface area (Å²) in [6.07, 6.45) is 3.99. The number of nitrogens with zero attached hydrogens (tertiary/aromatic N) is 4. The summed E-state index contributed by atoms with van der Waals surface area (Å²) in [5.41, 5.74) is 4.51. The van der Waals surface area contributed by atoms with Gasteiger partial charge in [0.2, 0.25) is 0 Å². The van der Waals surface area contributed by atoms with Crippen LogP contribution in [0.25, 0.3) is 0 Å². The molecule has 2 fully saturated rings. The van der Waals surface area contributed by atoms with E-state index in [1.807, 2.05) is 12.3 Å². The van der Waals surface area contributed by atoms with Crippen LogP contribution in [-0.2, 0) is 10.8 Å². The van der Waals surface area contributed by atoms with Gasteiger partial charge in [-0.05, 0) is 47.9 Å². The molecule has 0 spiro atoms. The van der Waals surface area contributed by atoms with Crippen molar-refractivity contribution in [2.24, 2.45) is 0 Å². The molecular weight excluding hydrogens is 482 g/mol. The maximum Gasteiger partial charge on any atom is 0.132 e. The highest BCUT2D eigenvalue weighted by molar-refractivity contribution is 5.56. The van der Waals surface area contributed by atoms with Gasteiger partial charge in [0, 0.05) is 76.4 Å². The van der Waals surface area contributed by atoms with Crippen LogP contribution >= 0.6 is 0 Å². The van der Waals surface area contributed by atoms with Crippen molar-refractivity contribution in [2.45, 2.75) is 80.1 Å². The Labute approximate surface area is 240 Å². The minimum atomic E-state index is 0. The zero-order valence-corrected chi connectivity index (χ0v) is 24.3. The molecule has 6 heteroatoms. The van der Waals surface area contributed by atoms with E-state index < -0.39 is 0 Å². The molecule has 0 aliphatic carbocycles. The van der Waals surface area contributed by atoms with Gasteiger partial charge in [0.25, 0.3) is 0 Å². The fourth-order valence-electron chi connectivity index (χ4n) is 5.18. The molecule has 2 N–H and O–H groups in total. The summed E-state index contributed by atoms with van der Waals surface area (Å²) in [6, 6.07) is 13.0. The first-order valence-electron chi connectivity index (χ1n) is 14.2. The number of hydrogen-bond acceptors (Lipinski definition) is 6. The van der Waals surface area contributed by atoms with Crippen molar-refractivity contribution in [2.75, 3.05) is 75.3 Å². The van der Waals surface area contributed by atoms with E-state index in [-0.39, 0.29) is 25.7 Å². The van der Waals surface area contributed by atoms with Crippen LogP contribution in [-0.4, -0.2) is 80.5 Å². The molecule has 1 aromatic heterocycles. The number of aromatic nitrogens is 1. The number of anilines is 2. The number of aliphatic hydroxyl groups is 1. The highest BCUT2D eigenvalue weighted by Gasteiger charge is 2.24. The third-order valence-corrected chi connectivity index (χ3v) is 7.29. The van der Waals surface area contributed by atoms with Gasteiger partial charge in [-0.3, -0.25) is 4.90 Å². The normalized spacial score (nSPS) is 16.8. The minimum absolute atomic E-state index is 0. The lowest BCUT2D eigenvalue weighted by Crippen LogP contribution is -2.47. The maximum absolute atomic E-state index is 8.92. The van der Waals surface area contributed by atoms with Gasteiger partial charge in [0.15, 0.2) is 0 Å². The van der Waals surface area contributed by atoms with Crippen molar-refractivity contribution in [3.05, 3.63) is 53.7 Å². The van der Waals surface area contributed by atoms with Gasteiger partial charge < -0.3 is 20.2 Å². The number of hydrogen-bond donors (Lipinski definition) is 2. The molecule has 222 valence electrons. The predicted molar refractivity (Wildman–Crippen MR) is 172 cm³/mol. The fraction of sp³-hybridized carbons (Fsp3) is 0.667. The number of nitrogens with one attached hydrogen (secondary N) is 1. The van der Waals surface area contributed by atoms with Crippen molar-refractivity contribution < 1.29 is 5.11 Å². The van der Waals surface area contributed by atoms with Crippen molar-refractivity contribution in [3.63, 3.8) is 0 Å². The largest absolute Gasteiger partial charge is 0.396 e. The first kappa shape index (κ1) is 34.9. The summed E-state index contributed by atoms with van der Waals surface area (Å²) >= 11 is 0. The van der Waals surface area contributed by atoms with Crippen LogP contribution < -0.4 is 15.1 Å². The third kappa shape index (κ3) is 10.4. The van der Waals surface area contributed by atoms with Crippen LogP contribution in [0, 0.1) is 0 Å². The molecule has 4 rings (SSSR count). The van der Waals surface area contributed by atoms with Crippen LogP contribution in [0.3, 0.4) is 0 Å². The molecule has 6 nitrogen and oxygen atoms in total. The summed E-state index contributed by atoms with van der Waals surface area (Å²) in [5, 5.41) is 12.4. The average Bonchev–Trinajstić information content (AvgIpc) is 3.17. The monoisotopic (exact) mass is 541 g/mol. The van der Waals surface area contributed by atoms with Gasteiger partial charge in [-0.2, -0.15) is 0 Å². The first-order valence-corrected chi connectivity index (χ1v) is 14.2. The van der Waals surface area contributed by atoms with E-state index in [2.05, 4.69) is 96.9 Å². The van der Waals surface area contributed by atoms with Crippen molar-refractivity contribution >= 4 is 11.5 Å². The summed E-state index contributed by atoms with van der Waals surface area (Å²) in [4.78, 5) is 12.0. The summed E-state index contributed by atoms with van der Waals surface area (Å²) < 4.78 is 0. The number of para-hydroxylation sites is 1. The van der Waals surface area contributed by atoms with Gasteiger partial charge in [0.05, 0.1) is 0 Å². The lowest BCUT2D eigenvalue weighted by atomic mass is 9.85. The quantitative estimate of drug-likeness (QED) is 0.489. The van der Waals surface area contributed by atoms with Crippen LogP contribution in [0.5, 0.6) is 0 Å². The van der Waals surface area contributed by atoms with Crippen LogP contribution in [0.1, 0.15) is 80.4 Å². The zero-order chi connectivity index (χ0) is 26.9. The molecule has 3 heterocycles. The van der Waals surface area contributed by atoms with E-state index in [9.17, 15) is 0 Å². The van der Waals surface area contributed by atoms with Gasteiger partial charge in [-0.25, -0.2) is 4.98 Å². The number of rotatable bonds is 5. The smallest absolute Gasteiger partial charge is 0.132 e. The Morgan fingerprint density at radius 1 is 0.769 bits per heavy atom. The van der Waals surface area contributed by atoms with E-state index in [0.717, 1.165) is 65.3 Å². The number of aliphatic hydroxyl groups excluding tert-OH is 1. The highest BCUT2D eigenvalue weighted by atomic mass is 16.3. The van der Waals surface area contributed by atoms with Gasteiger partial charge in [-0.1, -0.05) is 80.7 Å². The van der Waals surface area contributed by atoms with Crippen LogP contribution in [0.4, 0.5) is 11.5 Å².